The Balaban J connectivity index is 1.79. The lowest BCUT2D eigenvalue weighted by Gasteiger charge is -2.34. The highest BCUT2D eigenvalue weighted by atomic mass is 35.5. The number of anilines is 1. The van der Waals surface area contributed by atoms with Crippen molar-refractivity contribution in [3.63, 3.8) is 0 Å². The highest BCUT2D eigenvalue weighted by molar-refractivity contribution is 7.92. The van der Waals surface area contributed by atoms with Crippen LogP contribution in [0.5, 0.6) is 0 Å². The van der Waals surface area contributed by atoms with Crippen molar-refractivity contribution in [3.8, 4) is 0 Å². The third-order valence-electron chi connectivity index (χ3n) is 6.97. The largest absolute Gasteiger partial charge is 0.352 e. The van der Waals surface area contributed by atoms with Crippen LogP contribution in [0.3, 0.4) is 0 Å². The minimum absolute atomic E-state index is 0.0428. The molecule has 0 aliphatic carbocycles. The number of amides is 2. The Morgan fingerprint density at radius 1 is 0.841 bits per heavy atom. The first kappa shape index (κ1) is 32.7. The average molecular weight is 636 g/mol. The number of hydrogen-bond acceptors (Lipinski definition) is 4. The van der Waals surface area contributed by atoms with E-state index in [1.807, 2.05) is 51.1 Å². The number of nitrogens with zero attached hydrogens (tertiary/aromatic N) is 2. The van der Waals surface area contributed by atoms with E-state index < -0.39 is 34.3 Å². The van der Waals surface area contributed by atoms with Crippen molar-refractivity contribution in [2.24, 2.45) is 0 Å². The monoisotopic (exact) mass is 635 g/mol. The van der Waals surface area contributed by atoms with Crippen molar-refractivity contribution in [3.05, 3.63) is 131 Å². The molecule has 0 aromatic heterocycles. The predicted octanol–water partition coefficient (Wildman–Crippen LogP) is 6.15. The van der Waals surface area contributed by atoms with Crippen molar-refractivity contribution >= 4 is 39.1 Å². The summed E-state index contributed by atoms with van der Waals surface area (Å²) in [5.74, 6) is -1.43. The lowest BCUT2D eigenvalue weighted by molar-refractivity contribution is -0.140. The standard InChI is InChI=1S/C34H35ClFN3O4S/c1-24(2)37-34(41)32(21-26-7-5-4-6-8-26)38(22-27-11-15-29(36)16-12-27)33(40)23-39(30-17-9-25(3)10-18-30)44(42,43)31-19-13-28(35)14-20-31/h4-20,24,32H,21-23H2,1-3H3,(H,37,41)/t32-/m0/s1. The van der Waals surface area contributed by atoms with E-state index in [1.165, 1.54) is 53.4 Å². The molecule has 4 rings (SSSR count). The van der Waals surface area contributed by atoms with Crippen molar-refractivity contribution < 1.29 is 22.4 Å². The fourth-order valence-corrected chi connectivity index (χ4v) is 6.23. The molecule has 2 amide bonds. The molecule has 0 spiro atoms. The molecule has 0 fully saturated rings. The number of rotatable bonds is 12. The van der Waals surface area contributed by atoms with Crippen LogP contribution in [0.4, 0.5) is 10.1 Å². The van der Waals surface area contributed by atoms with E-state index in [-0.39, 0.29) is 35.5 Å². The third kappa shape index (κ3) is 8.45. The molecule has 7 nitrogen and oxygen atoms in total. The minimum Gasteiger partial charge on any atom is -0.352 e. The van der Waals surface area contributed by atoms with Gasteiger partial charge in [-0.2, -0.15) is 0 Å². The Kier molecular flexibility index (Phi) is 10.8. The summed E-state index contributed by atoms with van der Waals surface area (Å²) in [4.78, 5) is 29.4. The average Bonchev–Trinajstić information content (AvgIpc) is 2.99. The van der Waals surface area contributed by atoms with Gasteiger partial charge in [-0.1, -0.05) is 71.8 Å². The van der Waals surface area contributed by atoms with Gasteiger partial charge in [-0.25, -0.2) is 12.8 Å². The van der Waals surface area contributed by atoms with Crippen molar-refractivity contribution in [1.29, 1.82) is 0 Å². The molecule has 0 unspecified atom stereocenters. The molecular weight excluding hydrogens is 601 g/mol. The van der Waals surface area contributed by atoms with Gasteiger partial charge in [0.1, 0.15) is 18.4 Å². The first-order valence-corrected chi connectivity index (χ1v) is 16.0. The number of sulfonamides is 1. The van der Waals surface area contributed by atoms with Gasteiger partial charge < -0.3 is 10.2 Å². The molecule has 4 aromatic rings. The molecule has 10 heteroatoms. The summed E-state index contributed by atoms with van der Waals surface area (Å²) in [5.41, 5.74) is 2.59. The fraction of sp³-hybridized carbons (Fsp3) is 0.235. The molecule has 0 aliphatic heterocycles. The summed E-state index contributed by atoms with van der Waals surface area (Å²) in [7, 11) is -4.24. The van der Waals surface area contributed by atoms with Gasteiger partial charge in [0.15, 0.2) is 0 Å². The van der Waals surface area contributed by atoms with Gasteiger partial charge in [-0.3, -0.25) is 13.9 Å². The van der Waals surface area contributed by atoms with Crippen molar-refractivity contribution in [2.75, 3.05) is 10.8 Å². The Labute approximate surface area is 263 Å². The zero-order chi connectivity index (χ0) is 31.9. The quantitative estimate of drug-likeness (QED) is 0.202. The third-order valence-corrected chi connectivity index (χ3v) is 9.01. The smallest absolute Gasteiger partial charge is 0.264 e. The molecule has 0 aliphatic rings. The van der Waals surface area contributed by atoms with Gasteiger partial charge in [0.05, 0.1) is 10.6 Å². The van der Waals surface area contributed by atoms with E-state index in [4.69, 9.17) is 11.6 Å². The molecule has 230 valence electrons. The summed E-state index contributed by atoms with van der Waals surface area (Å²) in [6, 6.07) is 26.2. The number of hydrogen-bond donors (Lipinski definition) is 1. The van der Waals surface area contributed by atoms with Crippen LogP contribution >= 0.6 is 11.6 Å². The molecule has 0 radical (unpaired) electrons. The lowest BCUT2D eigenvalue weighted by Crippen LogP contribution is -2.54. The predicted molar refractivity (Wildman–Crippen MR) is 171 cm³/mol. The second-order valence-corrected chi connectivity index (χ2v) is 13.1. The van der Waals surface area contributed by atoms with Crippen LogP contribution in [0.25, 0.3) is 0 Å². The zero-order valence-corrected chi connectivity index (χ0v) is 26.4. The van der Waals surface area contributed by atoms with Gasteiger partial charge in [0, 0.05) is 24.0 Å². The van der Waals surface area contributed by atoms with Crippen LogP contribution in [0.1, 0.15) is 30.5 Å². The van der Waals surface area contributed by atoms with Gasteiger partial charge in [-0.05, 0) is 80.4 Å². The van der Waals surface area contributed by atoms with E-state index >= 15 is 0 Å². The Bertz CT molecular complexity index is 1660. The summed E-state index contributed by atoms with van der Waals surface area (Å²) < 4.78 is 42.8. The van der Waals surface area contributed by atoms with Crippen molar-refractivity contribution in [1.82, 2.24) is 10.2 Å². The molecule has 0 saturated heterocycles. The van der Waals surface area contributed by atoms with Crippen LogP contribution in [-0.2, 0) is 32.6 Å². The van der Waals surface area contributed by atoms with E-state index in [1.54, 1.807) is 24.3 Å². The number of carbonyl (C=O) groups is 2. The number of halogens is 2. The summed E-state index contributed by atoms with van der Waals surface area (Å²) >= 11 is 6.02. The van der Waals surface area contributed by atoms with E-state index in [0.29, 0.717) is 10.6 Å². The number of nitrogens with one attached hydrogen (secondary N) is 1. The van der Waals surface area contributed by atoms with Crippen LogP contribution in [-0.4, -0.2) is 43.8 Å². The van der Waals surface area contributed by atoms with Crippen LogP contribution in [0.2, 0.25) is 5.02 Å². The molecule has 0 bridgehead atoms. The first-order chi connectivity index (χ1) is 20.9. The topological polar surface area (TPSA) is 86.8 Å². The second kappa shape index (κ2) is 14.5. The molecule has 4 aromatic carbocycles. The summed E-state index contributed by atoms with van der Waals surface area (Å²) in [5, 5.41) is 3.28. The normalized spacial score (nSPS) is 12.0. The highest BCUT2D eigenvalue weighted by Gasteiger charge is 2.34. The highest BCUT2D eigenvalue weighted by Crippen LogP contribution is 2.26. The van der Waals surface area contributed by atoms with Crippen LogP contribution < -0.4 is 9.62 Å². The van der Waals surface area contributed by atoms with Crippen LogP contribution in [0.15, 0.2) is 108 Å². The summed E-state index contributed by atoms with van der Waals surface area (Å²) in [6.07, 6.45) is 0.181. The maximum Gasteiger partial charge on any atom is 0.264 e. The summed E-state index contributed by atoms with van der Waals surface area (Å²) in [6.45, 7) is 4.88. The molecule has 1 atom stereocenters. The van der Waals surface area contributed by atoms with Gasteiger partial charge in [-0.15, -0.1) is 0 Å². The fourth-order valence-electron chi connectivity index (χ4n) is 4.69. The second-order valence-electron chi connectivity index (χ2n) is 10.8. The maximum absolute atomic E-state index is 14.4. The van der Waals surface area contributed by atoms with Gasteiger partial charge in [0.2, 0.25) is 11.8 Å². The van der Waals surface area contributed by atoms with Gasteiger partial charge >= 0.3 is 0 Å². The van der Waals surface area contributed by atoms with Crippen LogP contribution in [0, 0.1) is 12.7 Å². The molecule has 1 N–H and O–H groups in total. The van der Waals surface area contributed by atoms with E-state index in [0.717, 1.165) is 15.4 Å². The van der Waals surface area contributed by atoms with Crippen molar-refractivity contribution in [2.45, 2.75) is 50.7 Å². The first-order valence-electron chi connectivity index (χ1n) is 14.2. The van der Waals surface area contributed by atoms with E-state index in [2.05, 4.69) is 5.32 Å². The molecule has 0 saturated carbocycles. The van der Waals surface area contributed by atoms with Gasteiger partial charge in [0.25, 0.3) is 10.0 Å². The minimum atomic E-state index is -4.24. The van der Waals surface area contributed by atoms with E-state index in [9.17, 15) is 22.4 Å². The zero-order valence-electron chi connectivity index (χ0n) is 24.8. The lowest BCUT2D eigenvalue weighted by atomic mass is 10.0. The molecular formula is C34H35ClFN3O4S. The SMILES string of the molecule is Cc1ccc(N(CC(=O)N(Cc2ccc(F)cc2)[C@@H](Cc2ccccc2)C(=O)NC(C)C)S(=O)(=O)c2ccc(Cl)cc2)cc1. The number of carbonyl (C=O) groups excluding carboxylic acids is 2. The molecule has 0 heterocycles. The Morgan fingerprint density at radius 3 is 2.05 bits per heavy atom. The Hall–Kier alpha value is -4.21. The number of benzene rings is 4. The number of aryl methyl sites for hydroxylation is 1. The molecule has 44 heavy (non-hydrogen) atoms. The Morgan fingerprint density at radius 2 is 1.45 bits per heavy atom. The maximum atomic E-state index is 14.4.